The van der Waals surface area contributed by atoms with Gasteiger partial charge in [-0.15, -0.1) is 0 Å². The number of aliphatic hydroxyl groups is 4. The number of nitrogens with one attached hydrogen (secondary N) is 16. The predicted octanol–water partition coefficient (Wildman–Crippen LogP) is -10.3. The molecule has 3 rings (SSSR count). The molecule has 0 saturated carbocycles. The summed E-state index contributed by atoms with van der Waals surface area (Å²) in [5, 5.41) is 99.4. The second-order valence-electron chi connectivity index (χ2n) is 38.3. The molecule has 0 aromatic carbocycles. The molecule has 0 bridgehead atoms. The van der Waals surface area contributed by atoms with Crippen molar-refractivity contribution in [3.05, 3.63) is 0 Å². The fourth-order valence-corrected chi connectivity index (χ4v) is 17.0. The van der Waals surface area contributed by atoms with Crippen LogP contribution in [0.3, 0.4) is 0 Å². The molecule has 3 heterocycles. The van der Waals surface area contributed by atoms with E-state index in [2.05, 4.69) is 79.8 Å². The number of amides is 21. The summed E-state index contributed by atoms with van der Waals surface area (Å²) in [7, 11) is 0. The van der Waals surface area contributed by atoms with Crippen LogP contribution in [0.5, 0.6) is 0 Å². The first-order chi connectivity index (χ1) is 69.2. The summed E-state index contributed by atoms with van der Waals surface area (Å²) in [6.45, 7) is 13.8. The molecule has 0 aromatic heterocycles. The molecule has 3 fully saturated rings. The molecule has 0 spiro atoms. The van der Waals surface area contributed by atoms with Crippen molar-refractivity contribution >= 4 is 148 Å². The molecule has 21 amide bonds. The number of thioether (sulfide) groups is 1. The third-order valence-electron chi connectivity index (χ3n) is 25.1. The topological polar surface area (TPSA) is 872 Å². The van der Waals surface area contributed by atoms with Crippen LogP contribution < -0.4 is 119 Å². The number of nitrogens with two attached hydrogens (primary N) is 6. The number of nitrogens with zero attached hydrogens (tertiary/aromatic N) is 3. The van der Waals surface area contributed by atoms with E-state index in [0.717, 1.165) is 6.92 Å². The lowest BCUT2D eigenvalue weighted by Crippen LogP contribution is -2.62. The van der Waals surface area contributed by atoms with E-state index in [4.69, 9.17) is 34.4 Å². The smallest absolute Gasteiger partial charge is 0.328 e. The number of unbranched alkanes of at least 4 members (excludes halogenated alkanes) is 3. The molecular weight excluding hydrogens is 1950 g/mol. The van der Waals surface area contributed by atoms with Gasteiger partial charge in [0.2, 0.25) is 124 Å². The molecule has 0 radical (unpaired) electrons. The van der Waals surface area contributed by atoms with Crippen molar-refractivity contribution in [1.29, 1.82) is 0 Å². The van der Waals surface area contributed by atoms with Gasteiger partial charge in [-0.3, -0.25) is 105 Å². The fraction of sp³-hybridized carbons (Fsp3) is 0.750. The lowest BCUT2D eigenvalue weighted by atomic mass is 9.97. The van der Waals surface area contributed by atoms with Crippen molar-refractivity contribution in [2.45, 2.75) is 344 Å². The number of carboxylic acid groups (broad SMARTS) is 2. The Labute approximate surface area is 858 Å². The Hall–Kier alpha value is -12.2. The Morgan fingerprint density at radius 2 is 0.755 bits per heavy atom. The van der Waals surface area contributed by atoms with E-state index in [1.807, 2.05) is 5.32 Å². The van der Waals surface area contributed by atoms with E-state index in [0.29, 0.717) is 19.3 Å². The highest BCUT2D eigenvalue weighted by Crippen LogP contribution is 2.27. The molecular formula is C92H159N25O29S. The summed E-state index contributed by atoms with van der Waals surface area (Å²) in [5.41, 5.74) is 34.1. The average molecular weight is 2110 g/mol. The number of hydrogen-bond donors (Lipinski definition) is 28. The maximum atomic E-state index is 14.9. The molecule has 34 N–H and O–H groups in total. The SMILES string of the molecule is CC[C@H](C)[C@H](NC(=O)[C@H](CCCCN)NC(=O)[C@H](CO)NC(=O)[C@H](CCCCN)NC(=O)[C@@H](NC(=O)[C@H](CC(N)=O)NC(=O)[C@H](CCCCN)NC(=O)[C@H](CC(C)C)NC(=O)[C@H](CC(=O)O)NC(=O)[C@@H]1CCCN1C(=O)[C@H](CCSC)NC(=O)[C@@H]1CCCN1C(=O)[C@@H](NC(=O)[C@@H]1CCCN1C(=O)[C@H](C)NC(=O)[C@@H](NC(=O)[C@@H](N)CCC(N)=O)[C@@H](C)O)C(C)C)C(C)C)C(=O)NCC(=O)N[C@@H](CO)C(=O)N[C@H](C(=O)O)[C@@H](C)O. The molecule has 147 heavy (non-hydrogen) atoms. The number of aliphatic hydroxyl groups excluding tert-OH is 4. The second kappa shape index (κ2) is 65.5. The Balaban J connectivity index is 1.85. The van der Waals surface area contributed by atoms with Crippen LogP contribution in [0.4, 0.5) is 0 Å². The third kappa shape index (κ3) is 42.9. The van der Waals surface area contributed by atoms with E-state index in [1.165, 1.54) is 54.2 Å². The number of hydrogen-bond acceptors (Lipinski definition) is 32. The van der Waals surface area contributed by atoms with Crippen LogP contribution in [0.25, 0.3) is 0 Å². The normalized spacial score (nSPS) is 18.4. The van der Waals surface area contributed by atoms with Gasteiger partial charge in [-0.2, -0.15) is 11.8 Å². The van der Waals surface area contributed by atoms with Crippen molar-refractivity contribution in [3.63, 3.8) is 0 Å². The second-order valence-corrected chi connectivity index (χ2v) is 39.2. The highest BCUT2D eigenvalue weighted by atomic mass is 32.2. The van der Waals surface area contributed by atoms with Gasteiger partial charge in [-0.25, -0.2) is 4.79 Å². The summed E-state index contributed by atoms with van der Waals surface area (Å²) in [6.07, 6.45) is -1.71. The Morgan fingerprint density at radius 3 is 1.20 bits per heavy atom. The van der Waals surface area contributed by atoms with Gasteiger partial charge < -0.3 is 165 Å². The summed E-state index contributed by atoms with van der Waals surface area (Å²) < 4.78 is 0. The van der Waals surface area contributed by atoms with Crippen molar-refractivity contribution < 1.29 is 141 Å². The molecule has 3 aliphatic heterocycles. The molecule has 3 saturated heterocycles. The number of primary amides is 2. The Bertz CT molecular complexity index is 4480. The molecule has 54 nitrogen and oxygen atoms in total. The van der Waals surface area contributed by atoms with Crippen LogP contribution in [-0.2, 0) is 110 Å². The minimum Gasteiger partial charge on any atom is -0.481 e. The van der Waals surface area contributed by atoms with Crippen molar-refractivity contribution in [2.75, 3.05) is 71.0 Å². The third-order valence-corrected chi connectivity index (χ3v) is 25.7. The van der Waals surface area contributed by atoms with Gasteiger partial charge in [0.1, 0.15) is 103 Å². The summed E-state index contributed by atoms with van der Waals surface area (Å²) in [4.78, 5) is 320. The molecule has 55 heteroatoms. The maximum Gasteiger partial charge on any atom is 0.328 e. The maximum absolute atomic E-state index is 14.9. The van der Waals surface area contributed by atoms with Crippen LogP contribution in [0.15, 0.2) is 0 Å². The number of likely N-dealkylation sites (tertiary alicyclic amines) is 3. The molecule has 22 atom stereocenters. The molecule has 0 aliphatic carbocycles. The average Bonchev–Trinajstić information content (AvgIpc) is 1.67. The molecule has 832 valence electrons. The summed E-state index contributed by atoms with van der Waals surface area (Å²) in [6, 6.07) is -29.0. The van der Waals surface area contributed by atoms with Crippen LogP contribution >= 0.6 is 11.8 Å². The van der Waals surface area contributed by atoms with E-state index in [-0.39, 0.29) is 154 Å². The first kappa shape index (κ1) is 129. The molecule has 0 unspecified atom stereocenters. The monoisotopic (exact) mass is 2110 g/mol. The minimum atomic E-state index is -1.94. The van der Waals surface area contributed by atoms with E-state index in [1.54, 1.807) is 47.8 Å². The molecule has 3 aliphatic rings. The highest BCUT2D eigenvalue weighted by Gasteiger charge is 2.47. The zero-order chi connectivity index (χ0) is 111. The number of carbonyl (C=O) groups excluding carboxylic acids is 21. The highest BCUT2D eigenvalue weighted by molar-refractivity contribution is 7.98. The summed E-state index contributed by atoms with van der Waals surface area (Å²) >= 11 is 1.32. The van der Waals surface area contributed by atoms with Crippen LogP contribution in [0.2, 0.25) is 0 Å². The number of carboxylic acids is 2. The number of aliphatic carboxylic acids is 2. The fourth-order valence-electron chi connectivity index (χ4n) is 16.5. The first-order valence-electron chi connectivity index (χ1n) is 49.9. The first-order valence-corrected chi connectivity index (χ1v) is 51.3. The van der Waals surface area contributed by atoms with Gasteiger partial charge in [-0.1, -0.05) is 61.8 Å². The number of carbonyl (C=O) groups is 23. The quantitative estimate of drug-likeness (QED) is 0.0251. The van der Waals surface area contributed by atoms with Gasteiger partial charge in [-0.05, 0) is 192 Å². The lowest BCUT2D eigenvalue weighted by molar-refractivity contribution is -0.146. The van der Waals surface area contributed by atoms with Crippen molar-refractivity contribution in [3.8, 4) is 0 Å². The van der Waals surface area contributed by atoms with Crippen molar-refractivity contribution in [1.82, 2.24) is 99.8 Å². The Kier molecular flexibility index (Phi) is 57.5. The zero-order valence-electron chi connectivity index (χ0n) is 85.8. The number of rotatable bonds is 68. The van der Waals surface area contributed by atoms with Crippen LogP contribution in [0, 0.1) is 23.7 Å². The summed E-state index contributed by atoms with van der Waals surface area (Å²) in [5.74, 6) is -25.7. The Morgan fingerprint density at radius 1 is 0.374 bits per heavy atom. The van der Waals surface area contributed by atoms with Gasteiger partial charge in [0.05, 0.1) is 50.8 Å². The molecule has 0 aromatic rings. The van der Waals surface area contributed by atoms with Gasteiger partial charge in [0.15, 0.2) is 6.04 Å². The lowest BCUT2D eigenvalue weighted by Gasteiger charge is -2.34. The van der Waals surface area contributed by atoms with Gasteiger partial charge in [0, 0.05) is 26.1 Å². The minimum absolute atomic E-state index is 0.000835. The van der Waals surface area contributed by atoms with Gasteiger partial charge >= 0.3 is 11.9 Å². The largest absolute Gasteiger partial charge is 0.481 e. The van der Waals surface area contributed by atoms with Crippen LogP contribution in [0.1, 0.15) is 217 Å². The van der Waals surface area contributed by atoms with Crippen LogP contribution in [-0.4, -0.2) is 379 Å². The van der Waals surface area contributed by atoms with Crippen molar-refractivity contribution in [2.24, 2.45) is 58.1 Å². The standard InChI is InChI=1S/C92H159N25O29S/c1-13-48(8)71(86(139)99-42-67(124)101-60(43-118)82(135)114-73(51(11)121)92(145)146)112-77(130)55(25-16-19-34-95)103-81(134)61(44-119)109-76(129)54(24-15-18-33-94)104-87(140)69(46(4)5)110-80(133)58(40-66(98)123)107-75(128)53(23-14-17-32-93)102-78(131)57(39-45(2)3)106-79(132)59(41-68(125)126)108-84(137)62-26-21-36-116(62)90(143)56(31-38-147-12)105-83(136)63-27-22-37-117(63)91(144)70(47(6)7)111-85(138)64-28-20-35-115(64)89(142)49(9)100-88(141)72(50(10)120)113-74(127)52(96)29-30-65(97)122/h45-64,69-73,118-121H,13-44,93-96H2,1-12H3,(H2,97,122)(H2,98,123)(H,99,139)(H,100,141)(H,101,124)(H,102,131)(H,103,134)(H,104,140)(H,105,136)(H,106,132)(H,107,128)(H,108,137)(H,109,129)(H,110,133)(H,111,138)(H,112,130)(H,113,127)(H,114,135)(H,125,126)(H,145,146)/t48-,49-,50+,51+,52-,53-,54-,55-,56-,57-,58-,59-,60-,61-,62-,63-,64-,69-,70-,71-,72-,73-/m0/s1. The zero-order valence-corrected chi connectivity index (χ0v) is 86.7. The predicted molar refractivity (Wildman–Crippen MR) is 530 cm³/mol. The van der Waals surface area contributed by atoms with E-state index < -0.39 is 319 Å². The van der Waals surface area contributed by atoms with E-state index in [9.17, 15) is 141 Å². The van der Waals surface area contributed by atoms with E-state index >= 15 is 0 Å². The van der Waals surface area contributed by atoms with Gasteiger partial charge in [0.25, 0.3) is 0 Å².